The normalized spacial score (nSPS) is 23.7. The summed E-state index contributed by atoms with van der Waals surface area (Å²) in [6.45, 7) is 11.7. The Morgan fingerprint density at radius 1 is 1.08 bits per heavy atom. The van der Waals surface area contributed by atoms with Crippen LogP contribution < -0.4 is 5.32 Å². The Labute approximate surface area is 158 Å². The van der Waals surface area contributed by atoms with Crippen LogP contribution in [-0.4, -0.2) is 53.5 Å². The van der Waals surface area contributed by atoms with Gasteiger partial charge in [0.1, 0.15) is 0 Å². The van der Waals surface area contributed by atoms with Crippen molar-refractivity contribution in [1.82, 2.24) is 15.1 Å². The van der Waals surface area contributed by atoms with Gasteiger partial charge in [-0.1, -0.05) is 30.3 Å². The maximum Gasteiger partial charge on any atom is 0.224 e. The van der Waals surface area contributed by atoms with Crippen LogP contribution in [0.15, 0.2) is 30.3 Å². The van der Waals surface area contributed by atoms with Gasteiger partial charge in [0.2, 0.25) is 5.91 Å². The molecule has 2 heterocycles. The highest BCUT2D eigenvalue weighted by Crippen LogP contribution is 2.25. The van der Waals surface area contributed by atoms with E-state index in [0.717, 1.165) is 45.6 Å². The fourth-order valence-corrected chi connectivity index (χ4v) is 4.31. The lowest BCUT2D eigenvalue weighted by Crippen LogP contribution is -2.52. The number of nitrogens with zero attached hydrogens (tertiary/aromatic N) is 2. The number of nitrogens with one attached hydrogen (secondary N) is 1. The number of rotatable bonds is 4. The number of hydrogen-bond donors (Lipinski definition) is 1. The summed E-state index contributed by atoms with van der Waals surface area (Å²) in [6.07, 6.45) is 4.62. The lowest BCUT2D eigenvalue weighted by molar-refractivity contribution is -0.128. The van der Waals surface area contributed by atoms with E-state index in [1.165, 1.54) is 18.4 Å². The van der Waals surface area contributed by atoms with Crippen molar-refractivity contribution < 1.29 is 4.79 Å². The van der Waals surface area contributed by atoms with Crippen molar-refractivity contribution in [3.63, 3.8) is 0 Å². The van der Waals surface area contributed by atoms with Crippen molar-refractivity contribution in [1.29, 1.82) is 0 Å². The van der Waals surface area contributed by atoms with E-state index in [-0.39, 0.29) is 17.4 Å². The Balaban J connectivity index is 1.47. The molecule has 1 amide bonds. The molecule has 144 valence electrons. The average molecular weight is 358 g/mol. The number of piperidine rings is 2. The molecule has 26 heavy (non-hydrogen) atoms. The summed E-state index contributed by atoms with van der Waals surface area (Å²) in [7, 11) is 0. The van der Waals surface area contributed by atoms with Crippen LogP contribution in [0, 0.1) is 5.92 Å². The molecule has 0 bridgehead atoms. The average Bonchev–Trinajstić information content (AvgIpc) is 2.62. The SMILES string of the molecule is CC(C)(C)NC(=O)C1CCCN(C2CCN(Cc3ccccc3)CC2)C1. The van der Waals surface area contributed by atoms with Gasteiger partial charge in [-0.05, 0) is 71.7 Å². The lowest BCUT2D eigenvalue weighted by atomic mass is 9.92. The van der Waals surface area contributed by atoms with Crippen molar-refractivity contribution >= 4 is 5.91 Å². The molecule has 1 N–H and O–H groups in total. The zero-order chi connectivity index (χ0) is 18.6. The first-order valence-corrected chi connectivity index (χ1v) is 10.2. The largest absolute Gasteiger partial charge is 0.351 e. The summed E-state index contributed by atoms with van der Waals surface area (Å²) in [5, 5.41) is 3.17. The smallest absolute Gasteiger partial charge is 0.224 e. The molecular formula is C22H35N3O. The Kier molecular flexibility index (Phi) is 6.36. The van der Waals surface area contributed by atoms with Crippen molar-refractivity contribution in [2.24, 2.45) is 5.92 Å². The molecule has 1 aromatic rings. The lowest BCUT2D eigenvalue weighted by Gasteiger charge is -2.42. The van der Waals surface area contributed by atoms with Crippen LogP contribution in [0.4, 0.5) is 0 Å². The van der Waals surface area contributed by atoms with Crippen LogP contribution in [-0.2, 0) is 11.3 Å². The Hall–Kier alpha value is -1.39. The summed E-state index contributed by atoms with van der Waals surface area (Å²) in [6, 6.07) is 11.4. The number of hydrogen-bond acceptors (Lipinski definition) is 3. The van der Waals surface area contributed by atoms with Gasteiger partial charge in [-0.3, -0.25) is 14.6 Å². The highest BCUT2D eigenvalue weighted by Gasteiger charge is 2.32. The molecule has 0 spiro atoms. The summed E-state index contributed by atoms with van der Waals surface area (Å²) < 4.78 is 0. The van der Waals surface area contributed by atoms with Crippen LogP contribution in [0.5, 0.6) is 0 Å². The summed E-state index contributed by atoms with van der Waals surface area (Å²) in [5.74, 6) is 0.397. The third kappa shape index (κ3) is 5.55. The minimum absolute atomic E-state index is 0.137. The van der Waals surface area contributed by atoms with Crippen LogP contribution in [0.3, 0.4) is 0 Å². The first-order valence-electron chi connectivity index (χ1n) is 10.2. The van der Waals surface area contributed by atoms with Crippen molar-refractivity contribution in [3.05, 3.63) is 35.9 Å². The first-order chi connectivity index (χ1) is 12.4. The molecule has 2 aliphatic rings. The molecule has 1 unspecified atom stereocenters. The Bertz CT molecular complexity index is 573. The summed E-state index contributed by atoms with van der Waals surface area (Å²) in [5.41, 5.74) is 1.27. The first kappa shape index (κ1) is 19.4. The zero-order valence-corrected chi connectivity index (χ0v) is 16.7. The predicted octanol–water partition coefficient (Wildman–Crippen LogP) is 3.28. The van der Waals surface area contributed by atoms with E-state index in [1.807, 2.05) is 0 Å². The van der Waals surface area contributed by atoms with Crippen LogP contribution in [0.25, 0.3) is 0 Å². The van der Waals surface area contributed by atoms with Gasteiger partial charge in [0.15, 0.2) is 0 Å². The fourth-order valence-electron chi connectivity index (χ4n) is 4.31. The second-order valence-electron chi connectivity index (χ2n) is 9.07. The predicted molar refractivity (Wildman–Crippen MR) is 107 cm³/mol. The maximum atomic E-state index is 12.6. The topological polar surface area (TPSA) is 35.6 Å². The van der Waals surface area contributed by atoms with E-state index in [2.05, 4.69) is 66.2 Å². The second kappa shape index (κ2) is 8.53. The summed E-state index contributed by atoms with van der Waals surface area (Å²) in [4.78, 5) is 17.7. The van der Waals surface area contributed by atoms with Gasteiger partial charge >= 0.3 is 0 Å². The number of amides is 1. The molecule has 2 saturated heterocycles. The molecule has 4 heteroatoms. The van der Waals surface area contributed by atoms with Crippen molar-refractivity contribution in [2.75, 3.05) is 26.2 Å². The third-order valence-electron chi connectivity index (χ3n) is 5.64. The van der Waals surface area contributed by atoms with Gasteiger partial charge in [0.05, 0.1) is 5.92 Å². The Morgan fingerprint density at radius 3 is 2.42 bits per heavy atom. The molecule has 0 aromatic heterocycles. The minimum atomic E-state index is -0.137. The molecule has 0 radical (unpaired) electrons. The van der Waals surface area contributed by atoms with Crippen LogP contribution >= 0.6 is 0 Å². The van der Waals surface area contributed by atoms with Crippen LogP contribution in [0.1, 0.15) is 52.0 Å². The molecule has 1 aromatic carbocycles. The number of carbonyl (C=O) groups excluding carboxylic acids is 1. The molecule has 0 aliphatic carbocycles. The quantitative estimate of drug-likeness (QED) is 0.898. The van der Waals surface area contributed by atoms with Crippen molar-refractivity contribution in [2.45, 2.75) is 64.6 Å². The van der Waals surface area contributed by atoms with Crippen molar-refractivity contribution in [3.8, 4) is 0 Å². The highest BCUT2D eigenvalue weighted by molar-refractivity contribution is 5.79. The van der Waals surface area contributed by atoms with Gasteiger partial charge in [-0.25, -0.2) is 0 Å². The van der Waals surface area contributed by atoms with Gasteiger partial charge in [-0.2, -0.15) is 0 Å². The number of carbonyl (C=O) groups is 1. The highest BCUT2D eigenvalue weighted by atomic mass is 16.2. The molecule has 1 atom stereocenters. The molecule has 4 nitrogen and oxygen atoms in total. The molecule has 0 saturated carbocycles. The van der Waals surface area contributed by atoms with E-state index in [1.54, 1.807) is 0 Å². The monoisotopic (exact) mass is 357 g/mol. The van der Waals surface area contributed by atoms with Gasteiger partial charge in [-0.15, -0.1) is 0 Å². The summed E-state index contributed by atoms with van der Waals surface area (Å²) >= 11 is 0. The Morgan fingerprint density at radius 2 is 1.77 bits per heavy atom. The molecular weight excluding hydrogens is 322 g/mol. The van der Waals surface area contributed by atoms with Gasteiger partial charge in [0, 0.05) is 24.7 Å². The molecule has 3 rings (SSSR count). The fraction of sp³-hybridized carbons (Fsp3) is 0.682. The van der Waals surface area contributed by atoms with E-state index in [0.29, 0.717) is 6.04 Å². The number of likely N-dealkylation sites (tertiary alicyclic amines) is 2. The van der Waals surface area contributed by atoms with E-state index in [9.17, 15) is 4.79 Å². The zero-order valence-electron chi connectivity index (χ0n) is 16.7. The maximum absolute atomic E-state index is 12.6. The van der Waals surface area contributed by atoms with Gasteiger partial charge in [0.25, 0.3) is 0 Å². The minimum Gasteiger partial charge on any atom is -0.351 e. The molecule has 2 aliphatic heterocycles. The third-order valence-corrected chi connectivity index (χ3v) is 5.64. The molecule has 2 fully saturated rings. The number of benzene rings is 1. The second-order valence-corrected chi connectivity index (χ2v) is 9.07. The van der Waals surface area contributed by atoms with E-state index in [4.69, 9.17) is 0 Å². The van der Waals surface area contributed by atoms with Gasteiger partial charge < -0.3 is 5.32 Å². The van der Waals surface area contributed by atoms with E-state index < -0.39 is 0 Å². The van der Waals surface area contributed by atoms with E-state index >= 15 is 0 Å². The standard InChI is InChI=1S/C22H35N3O/c1-22(2,3)23-21(26)19-10-7-13-25(17-19)20-11-14-24(15-12-20)16-18-8-5-4-6-9-18/h4-6,8-9,19-20H,7,10-17H2,1-3H3,(H,23,26). The van der Waals surface area contributed by atoms with Crippen LogP contribution in [0.2, 0.25) is 0 Å².